The average Bonchev–Trinajstić information content (AvgIpc) is 2.90. The zero-order chi connectivity index (χ0) is 28.1. The lowest BCUT2D eigenvalue weighted by Crippen LogP contribution is -2.49. The Labute approximate surface area is 247 Å². The van der Waals surface area contributed by atoms with Crippen LogP contribution in [0.15, 0.2) is 48.5 Å². The molecular formula is C30H47ClN4O4S. The lowest BCUT2D eigenvalue weighted by atomic mass is 10.0. The molecule has 1 fully saturated rings. The van der Waals surface area contributed by atoms with Crippen LogP contribution in [-0.4, -0.2) is 62.7 Å². The Balaban J connectivity index is 0.00000560. The first kappa shape index (κ1) is 33.7. The van der Waals surface area contributed by atoms with E-state index in [-0.39, 0.29) is 24.5 Å². The number of halogens is 1. The van der Waals surface area contributed by atoms with Crippen molar-refractivity contribution in [1.29, 1.82) is 0 Å². The minimum absolute atomic E-state index is 0. The number of piperidine rings is 1. The number of likely N-dealkylation sites (tertiary alicyclic amines) is 1. The van der Waals surface area contributed by atoms with E-state index in [4.69, 9.17) is 4.74 Å². The maximum absolute atomic E-state index is 13.0. The van der Waals surface area contributed by atoms with Gasteiger partial charge in [0.25, 0.3) is 0 Å². The molecule has 2 amide bonds. The van der Waals surface area contributed by atoms with Crippen molar-refractivity contribution < 1.29 is 17.9 Å². The van der Waals surface area contributed by atoms with Gasteiger partial charge in [0.05, 0.1) is 6.26 Å². The molecule has 2 N–H and O–H groups in total. The van der Waals surface area contributed by atoms with Crippen LogP contribution in [0.2, 0.25) is 0 Å². The van der Waals surface area contributed by atoms with Gasteiger partial charge in [0, 0.05) is 44.5 Å². The summed E-state index contributed by atoms with van der Waals surface area (Å²) in [7, 11) is -3.30. The topological polar surface area (TPSA) is 91.0 Å². The number of unbranched alkanes of at least 4 members (excludes halogenated alkanes) is 4. The molecule has 0 bridgehead atoms. The minimum Gasteiger partial charge on any atom is -0.457 e. The van der Waals surface area contributed by atoms with Crippen molar-refractivity contribution in [2.45, 2.75) is 77.8 Å². The number of carbonyl (C=O) groups excluding carboxylic acids is 1. The quantitative estimate of drug-likeness (QED) is 0.226. The van der Waals surface area contributed by atoms with Crippen LogP contribution in [0.25, 0.3) is 0 Å². The molecule has 224 valence electrons. The number of sulfonamides is 1. The van der Waals surface area contributed by atoms with E-state index in [0.29, 0.717) is 11.4 Å². The van der Waals surface area contributed by atoms with Gasteiger partial charge in [-0.25, -0.2) is 13.2 Å². The van der Waals surface area contributed by atoms with Gasteiger partial charge >= 0.3 is 6.03 Å². The highest BCUT2D eigenvalue weighted by Crippen LogP contribution is 2.24. The zero-order valence-corrected chi connectivity index (χ0v) is 25.9. The first-order chi connectivity index (χ1) is 18.8. The molecule has 0 saturated carbocycles. The number of benzene rings is 2. The van der Waals surface area contributed by atoms with Crippen LogP contribution in [0.5, 0.6) is 11.5 Å². The van der Waals surface area contributed by atoms with Crippen molar-refractivity contribution in [3.63, 3.8) is 0 Å². The normalized spacial score (nSPS) is 14.3. The van der Waals surface area contributed by atoms with Crippen molar-refractivity contribution in [3.05, 3.63) is 54.1 Å². The maximum Gasteiger partial charge on any atom is 0.317 e. The number of nitrogens with one attached hydrogen (secondary N) is 2. The van der Waals surface area contributed by atoms with Crippen molar-refractivity contribution in [2.24, 2.45) is 0 Å². The molecule has 40 heavy (non-hydrogen) atoms. The molecule has 2 aromatic rings. The van der Waals surface area contributed by atoms with E-state index in [2.05, 4.69) is 40.9 Å². The fourth-order valence-corrected chi connectivity index (χ4v) is 5.35. The Bertz CT molecular complexity index is 1100. The number of amides is 2. The van der Waals surface area contributed by atoms with Gasteiger partial charge < -0.3 is 15.0 Å². The van der Waals surface area contributed by atoms with Gasteiger partial charge in [0.15, 0.2) is 0 Å². The predicted molar refractivity (Wildman–Crippen MR) is 166 cm³/mol. The molecule has 10 heteroatoms. The fourth-order valence-electron chi connectivity index (χ4n) is 4.78. The van der Waals surface area contributed by atoms with Gasteiger partial charge in [0.2, 0.25) is 10.0 Å². The third kappa shape index (κ3) is 12.4. The summed E-state index contributed by atoms with van der Waals surface area (Å²) in [5, 5.41) is 3.31. The molecule has 3 rings (SSSR count). The molecule has 0 atom stereocenters. The van der Waals surface area contributed by atoms with Crippen molar-refractivity contribution in [2.75, 3.05) is 37.2 Å². The van der Waals surface area contributed by atoms with E-state index >= 15 is 0 Å². The highest BCUT2D eigenvalue weighted by Gasteiger charge is 2.23. The van der Waals surface area contributed by atoms with E-state index in [1.165, 1.54) is 31.2 Å². The van der Waals surface area contributed by atoms with Gasteiger partial charge in [-0.3, -0.25) is 9.62 Å². The van der Waals surface area contributed by atoms with E-state index in [9.17, 15) is 13.2 Å². The molecular weight excluding hydrogens is 548 g/mol. The molecule has 8 nitrogen and oxygen atoms in total. The van der Waals surface area contributed by atoms with Crippen LogP contribution < -0.4 is 14.8 Å². The largest absolute Gasteiger partial charge is 0.457 e. The molecule has 1 saturated heterocycles. The third-order valence-electron chi connectivity index (χ3n) is 6.99. The standard InChI is InChI=1S/C30H46N4O4S.ClH/c1-4-6-8-20-34(21-9-7-5-2)30(35)31-26-18-22-33(23-19-26)24-25-10-14-28(15-11-25)38-29-16-12-27(13-17-29)32-39(3,36)37;/h10-17,26,32H,4-9,18-24H2,1-3H3,(H,31,35);1H. The minimum atomic E-state index is -3.30. The predicted octanol–water partition coefficient (Wildman–Crippen LogP) is 6.63. The smallest absolute Gasteiger partial charge is 0.317 e. The average molecular weight is 595 g/mol. The van der Waals surface area contributed by atoms with Gasteiger partial charge in [-0.1, -0.05) is 51.7 Å². The van der Waals surface area contributed by atoms with Crippen molar-refractivity contribution in [1.82, 2.24) is 15.1 Å². The highest BCUT2D eigenvalue weighted by atomic mass is 35.5. The molecule has 2 aromatic carbocycles. The Hall–Kier alpha value is -2.49. The number of anilines is 1. The van der Waals surface area contributed by atoms with E-state index in [1.807, 2.05) is 17.0 Å². The van der Waals surface area contributed by atoms with Crippen LogP contribution in [0.1, 0.15) is 70.8 Å². The van der Waals surface area contributed by atoms with Crippen LogP contribution in [0, 0.1) is 0 Å². The zero-order valence-electron chi connectivity index (χ0n) is 24.2. The molecule has 0 spiro atoms. The Morgan fingerprint density at radius 2 is 1.43 bits per heavy atom. The van der Waals surface area contributed by atoms with Crippen LogP contribution in [0.4, 0.5) is 10.5 Å². The molecule has 0 aliphatic carbocycles. The first-order valence-electron chi connectivity index (χ1n) is 14.4. The Morgan fingerprint density at radius 1 is 0.900 bits per heavy atom. The van der Waals surface area contributed by atoms with E-state index in [0.717, 1.165) is 70.4 Å². The van der Waals surface area contributed by atoms with Crippen LogP contribution in [-0.2, 0) is 16.6 Å². The molecule has 0 radical (unpaired) electrons. The number of hydrogen-bond acceptors (Lipinski definition) is 5. The number of nitrogens with zero attached hydrogens (tertiary/aromatic N) is 2. The van der Waals surface area contributed by atoms with Crippen LogP contribution >= 0.6 is 12.4 Å². The highest BCUT2D eigenvalue weighted by molar-refractivity contribution is 7.92. The van der Waals surface area contributed by atoms with E-state index < -0.39 is 10.0 Å². The molecule has 1 aliphatic rings. The molecule has 1 heterocycles. The van der Waals surface area contributed by atoms with Gasteiger partial charge in [-0.2, -0.15) is 0 Å². The van der Waals surface area contributed by atoms with Gasteiger partial charge in [0.1, 0.15) is 11.5 Å². The summed E-state index contributed by atoms with van der Waals surface area (Å²) in [6, 6.07) is 15.2. The summed E-state index contributed by atoms with van der Waals surface area (Å²) in [6.45, 7) is 8.89. The number of carbonyl (C=O) groups is 1. The fraction of sp³-hybridized carbons (Fsp3) is 0.567. The summed E-state index contributed by atoms with van der Waals surface area (Å²) in [5.41, 5.74) is 1.72. The summed E-state index contributed by atoms with van der Waals surface area (Å²) in [6.07, 6.45) is 9.88. The summed E-state index contributed by atoms with van der Waals surface area (Å²) in [5.74, 6) is 1.37. The lowest BCUT2D eigenvalue weighted by Gasteiger charge is -2.34. The molecule has 0 unspecified atom stereocenters. The lowest BCUT2D eigenvalue weighted by molar-refractivity contribution is 0.167. The van der Waals surface area contributed by atoms with Crippen molar-refractivity contribution >= 4 is 34.1 Å². The van der Waals surface area contributed by atoms with Crippen LogP contribution in [0.3, 0.4) is 0 Å². The number of hydrogen-bond donors (Lipinski definition) is 2. The number of rotatable bonds is 15. The second kappa shape index (κ2) is 17.4. The third-order valence-corrected chi connectivity index (χ3v) is 7.59. The second-order valence-corrected chi connectivity index (χ2v) is 12.3. The molecule has 1 aliphatic heterocycles. The summed E-state index contributed by atoms with van der Waals surface area (Å²) >= 11 is 0. The SMILES string of the molecule is CCCCCN(CCCCC)C(=O)NC1CCN(Cc2ccc(Oc3ccc(NS(C)(=O)=O)cc3)cc2)CC1.Cl. The second-order valence-electron chi connectivity index (χ2n) is 10.5. The van der Waals surface area contributed by atoms with E-state index in [1.54, 1.807) is 24.3 Å². The monoisotopic (exact) mass is 594 g/mol. The number of urea groups is 1. The summed E-state index contributed by atoms with van der Waals surface area (Å²) in [4.78, 5) is 17.4. The van der Waals surface area contributed by atoms with Gasteiger partial charge in [-0.05, 0) is 67.6 Å². The maximum atomic E-state index is 13.0. The number of ether oxygens (including phenoxy) is 1. The van der Waals surface area contributed by atoms with Gasteiger partial charge in [-0.15, -0.1) is 12.4 Å². The summed E-state index contributed by atoms with van der Waals surface area (Å²) < 4.78 is 31.0. The first-order valence-corrected chi connectivity index (χ1v) is 16.3. The molecule has 0 aromatic heterocycles. The van der Waals surface area contributed by atoms with Crippen molar-refractivity contribution in [3.8, 4) is 11.5 Å². The Morgan fingerprint density at radius 3 is 1.93 bits per heavy atom. The Kier molecular flexibility index (Phi) is 14.6.